The largest absolute Gasteiger partial charge is 0.338 e. The van der Waals surface area contributed by atoms with Crippen LogP contribution in [0.5, 0.6) is 0 Å². The molecule has 0 aromatic rings. The van der Waals surface area contributed by atoms with Gasteiger partial charge in [-0.2, -0.15) is 0 Å². The Hall–Kier alpha value is 1.58. The number of rotatable bonds is 3. The van der Waals surface area contributed by atoms with Gasteiger partial charge in [0.05, 0.1) is 6.10 Å². The van der Waals surface area contributed by atoms with Crippen LogP contribution in [0.25, 0.3) is 0 Å². The van der Waals surface area contributed by atoms with Gasteiger partial charge in [-0.1, -0.05) is 50.3 Å². The zero-order chi connectivity index (χ0) is 11.4. The van der Waals surface area contributed by atoms with Crippen molar-refractivity contribution < 1.29 is 24.0 Å². The van der Waals surface area contributed by atoms with Crippen molar-refractivity contribution in [2.45, 2.75) is 76.0 Å². The summed E-state index contributed by atoms with van der Waals surface area (Å²) in [5, 5.41) is 0. The molecule has 0 radical (unpaired) electrons. The van der Waals surface area contributed by atoms with Crippen molar-refractivity contribution in [1.29, 1.82) is 0 Å². The van der Waals surface area contributed by atoms with Crippen LogP contribution in [0.15, 0.2) is 0 Å². The second-order valence-corrected chi connectivity index (χ2v) is 11.5. The summed E-state index contributed by atoms with van der Waals surface area (Å²) in [6.45, 7) is 0. The van der Waals surface area contributed by atoms with Crippen LogP contribution in [0.2, 0.25) is 0 Å². The Morgan fingerprint density at radius 2 is 1.35 bits per heavy atom. The average Bonchev–Trinajstić information content (AvgIpc) is 2.31. The maximum atomic E-state index is 6.21. The van der Waals surface area contributed by atoms with Gasteiger partial charge in [0.15, 0.2) is 0 Å². The summed E-state index contributed by atoms with van der Waals surface area (Å²) in [6.07, 6.45) is 13.4. The Morgan fingerprint density at radius 3 is 1.88 bits per heavy atom. The summed E-state index contributed by atoms with van der Waals surface area (Å²) in [7, 11) is 0. The normalized spacial score (nSPS) is 27.1. The molecule has 0 aromatic heterocycles. The first-order valence-electron chi connectivity index (χ1n) is 6.69. The van der Waals surface area contributed by atoms with Crippen molar-refractivity contribution in [3.8, 4) is 0 Å². The minimum atomic E-state index is -1.81. The minimum Gasteiger partial charge on any atom is -0.338 e. The third-order valence-electron chi connectivity index (χ3n) is 3.89. The molecule has 1 nitrogen and oxygen atoms in total. The maximum Gasteiger partial charge on any atom is 0.120 e. The molecule has 0 amide bonds. The van der Waals surface area contributed by atoms with E-state index in [2.05, 4.69) is 0 Å². The standard InChI is InChI=1S/C12H23OPS2.Zn/c15-14(16,12-9-5-2-6-10-12)13-11-7-3-1-4-8-11;/h11-12H,1-10H2,(H,15,16);. The smallest absolute Gasteiger partial charge is 0.120 e. The van der Waals surface area contributed by atoms with Crippen molar-refractivity contribution >= 4 is 29.5 Å². The molecule has 0 saturated heterocycles. The second-order valence-electron chi connectivity index (χ2n) is 5.22. The van der Waals surface area contributed by atoms with Gasteiger partial charge in [-0.15, -0.1) is 12.2 Å². The molecule has 2 aliphatic carbocycles. The van der Waals surface area contributed by atoms with Crippen LogP contribution in [0, 0.1) is 0 Å². The third kappa shape index (κ3) is 5.23. The summed E-state index contributed by atoms with van der Waals surface area (Å²) in [6, 6.07) is 0. The van der Waals surface area contributed by atoms with Crippen LogP contribution in [0.1, 0.15) is 64.2 Å². The fourth-order valence-corrected chi connectivity index (χ4v) is 6.80. The number of thiol groups is 1. The molecule has 0 aliphatic heterocycles. The Kier molecular flexibility index (Phi) is 7.83. The van der Waals surface area contributed by atoms with Gasteiger partial charge in [0.25, 0.3) is 0 Å². The fourth-order valence-electron chi connectivity index (χ4n) is 2.88. The monoisotopic (exact) mass is 342 g/mol. The van der Waals surface area contributed by atoms with Crippen molar-refractivity contribution in [3.05, 3.63) is 0 Å². The van der Waals surface area contributed by atoms with Crippen LogP contribution in [0.4, 0.5) is 0 Å². The minimum absolute atomic E-state index is 0. The van der Waals surface area contributed by atoms with Crippen molar-refractivity contribution in [2.24, 2.45) is 0 Å². The molecule has 2 saturated carbocycles. The van der Waals surface area contributed by atoms with E-state index in [1.807, 2.05) is 0 Å². The summed E-state index contributed by atoms with van der Waals surface area (Å²) in [5.41, 5.74) is -1.21. The fraction of sp³-hybridized carbons (Fsp3) is 1.00. The Bertz CT molecular complexity index is 263. The molecule has 2 fully saturated rings. The quantitative estimate of drug-likeness (QED) is 0.443. The van der Waals surface area contributed by atoms with Gasteiger partial charge in [-0.25, -0.2) is 0 Å². The number of hydrogen-bond donors (Lipinski definition) is 1. The van der Waals surface area contributed by atoms with Gasteiger partial charge < -0.3 is 4.52 Å². The zero-order valence-electron chi connectivity index (χ0n) is 10.6. The predicted molar refractivity (Wildman–Crippen MR) is 78.1 cm³/mol. The van der Waals surface area contributed by atoms with E-state index in [-0.39, 0.29) is 19.5 Å². The van der Waals surface area contributed by atoms with E-state index in [0.717, 1.165) is 0 Å². The van der Waals surface area contributed by atoms with Gasteiger partial charge in [-0.05, 0) is 25.7 Å². The molecule has 5 heteroatoms. The van der Waals surface area contributed by atoms with E-state index in [4.69, 9.17) is 28.6 Å². The molecule has 0 aromatic carbocycles. The molecule has 17 heavy (non-hydrogen) atoms. The van der Waals surface area contributed by atoms with E-state index in [0.29, 0.717) is 11.8 Å². The Labute approximate surface area is 129 Å². The number of hydrogen-bond acceptors (Lipinski definition) is 2. The molecule has 0 bridgehead atoms. The Morgan fingerprint density at radius 1 is 0.882 bits per heavy atom. The van der Waals surface area contributed by atoms with Crippen molar-refractivity contribution in [3.63, 3.8) is 0 Å². The first-order chi connectivity index (χ1) is 7.68. The van der Waals surface area contributed by atoms with Crippen LogP contribution < -0.4 is 0 Å². The molecule has 2 aliphatic rings. The molecular weight excluding hydrogens is 321 g/mol. The summed E-state index contributed by atoms with van der Waals surface area (Å²) >= 11 is 10.4. The predicted octanol–water partition coefficient (Wildman–Crippen LogP) is 4.91. The van der Waals surface area contributed by atoms with Crippen molar-refractivity contribution in [1.82, 2.24) is 0 Å². The van der Waals surface area contributed by atoms with Gasteiger partial charge in [-0.3, -0.25) is 0 Å². The Balaban J connectivity index is 0.00000144. The van der Waals surface area contributed by atoms with E-state index >= 15 is 0 Å². The maximum absolute atomic E-state index is 6.21. The van der Waals surface area contributed by atoms with Gasteiger partial charge in [0.1, 0.15) is 5.47 Å². The SMILES string of the molecule is S=P(S)(OC1CCCCC1)C1CCCCC1.[Zn]. The molecule has 0 N–H and O–H groups in total. The summed E-state index contributed by atoms with van der Waals surface area (Å²) in [4.78, 5) is 0. The summed E-state index contributed by atoms with van der Waals surface area (Å²) in [5.74, 6) is 0. The van der Waals surface area contributed by atoms with Gasteiger partial charge >= 0.3 is 0 Å². The molecule has 1 unspecified atom stereocenters. The third-order valence-corrected chi connectivity index (χ3v) is 8.34. The molecule has 0 spiro atoms. The van der Waals surface area contributed by atoms with Crippen LogP contribution in [-0.2, 0) is 35.8 Å². The molecular formula is C12H23OPS2Zn. The molecule has 1 atom stereocenters. The summed E-state index contributed by atoms with van der Waals surface area (Å²) < 4.78 is 6.21. The van der Waals surface area contributed by atoms with Gasteiger partial charge in [0.2, 0.25) is 0 Å². The van der Waals surface area contributed by atoms with Crippen LogP contribution >= 0.6 is 17.7 Å². The van der Waals surface area contributed by atoms with E-state index in [1.54, 1.807) is 0 Å². The molecule has 96 valence electrons. The van der Waals surface area contributed by atoms with Crippen LogP contribution in [0.3, 0.4) is 0 Å². The molecule has 2 rings (SSSR count). The second kappa shape index (κ2) is 8.00. The van der Waals surface area contributed by atoms with Crippen LogP contribution in [-0.4, -0.2) is 11.8 Å². The first-order valence-corrected chi connectivity index (χ1v) is 10.6. The first kappa shape index (κ1) is 16.6. The van der Waals surface area contributed by atoms with Gasteiger partial charge in [0, 0.05) is 25.1 Å². The van der Waals surface area contributed by atoms with E-state index < -0.39 is 5.47 Å². The van der Waals surface area contributed by atoms with Crippen molar-refractivity contribution in [2.75, 3.05) is 0 Å². The zero-order valence-corrected chi connectivity index (χ0v) is 16.2. The average molecular weight is 344 g/mol. The molecule has 0 heterocycles. The van der Waals surface area contributed by atoms with E-state index in [1.165, 1.54) is 64.2 Å². The van der Waals surface area contributed by atoms with E-state index in [9.17, 15) is 0 Å². The topological polar surface area (TPSA) is 9.23 Å².